The van der Waals surface area contributed by atoms with Crippen molar-refractivity contribution in [1.29, 1.82) is 0 Å². The first-order valence-corrected chi connectivity index (χ1v) is 9.83. The third-order valence-electron chi connectivity index (χ3n) is 4.51. The van der Waals surface area contributed by atoms with Gasteiger partial charge < -0.3 is 19.5 Å². The highest BCUT2D eigenvalue weighted by Crippen LogP contribution is 2.24. The molecule has 1 N–H and O–H groups in total. The fourth-order valence-corrected chi connectivity index (χ4v) is 2.86. The number of methoxy groups -OCH3 is 3. The summed E-state index contributed by atoms with van der Waals surface area (Å²) in [6, 6.07) is 10.8. The van der Waals surface area contributed by atoms with E-state index < -0.39 is 0 Å². The van der Waals surface area contributed by atoms with E-state index in [2.05, 4.69) is 24.1 Å². The third-order valence-corrected chi connectivity index (χ3v) is 4.51. The van der Waals surface area contributed by atoms with Gasteiger partial charge >= 0.3 is 0 Å². The fourth-order valence-electron chi connectivity index (χ4n) is 2.86. The molecule has 1 amide bonds. The predicted octanol–water partition coefficient (Wildman–Crippen LogP) is 4.42. The van der Waals surface area contributed by atoms with Crippen molar-refractivity contribution in [2.75, 3.05) is 27.9 Å². The van der Waals surface area contributed by atoms with Crippen molar-refractivity contribution < 1.29 is 19.0 Å². The summed E-state index contributed by atoms with van der Waals surface area (Å²) in [5.41, 5.74) is 1.91. The van der Waals surface area contributed by atoms with Crippen LogP contribution in [-0.2, 0) is 0 Å². The van der Waals surface area contributed by atoms with E-state index in [0.717, 1.165) is 12.8 Å². The van der Waals surface area contributed by atoms with Gasteiger partial charge in [0.05, 0.1) is 32.5 Å². The van der Waals surface area contributed by atoms with Crippen LogP contribution in [0, 0.1) is 11.8 Å². The van der Waals surface area contributed by atoms with Gasteiger partial charge in [-0.2, -0.15) is 0 Å². The lowest BCUT2D eigenvalue weighted by molar-refractivity contribution is 0.0950. The molecular weight excluding hydrogens is 366 g/mol. The first kappa shape index (κ1) is 22.2. The summed E-state index contributed by atoms with van der Waals surface area (Å²) in [6.07, 6.45) is 4.43. The number of hydrogen-bond acceptors (Lipinski definition) is 4. The minimum Gasteiger partial charge on any atom is -0.497 e. The highest BCUT2D eigenvalue weighted by molar-refractivity contribution is 5.97. The van der Waals surface area contributed by atoms with E-state index in [1.54, 1.807) is 33.5 Å². The van der Waals surface area contributed by atoms with Crippen molar-refractivity contribution in [2.24, 2.45) is 0 Å². The molecule has 0 heterocycles. The summed E-state index contributed by atoms with van der Waals surface area (Å²) in [5, 5.41) is 2.96. The first-order valence-electron chi connectivity index (χ1n) is 9.83. The Morgan fingerprint density at radius 1 is 0.897 bits per heavy atom. The maximum atomic E-state index is 12.6. The van der Waals surface area contributed by atoms with Crippen molar-refractivity contribution in [2.45, 2.75) is 32.6 Å². The molecule has 0 saturated heterocycles. The van der Waals surface area contributed by atoms with Crippen LogP contribution in [0.25, 0.3) is 0 Å². The zero-order valence-electron chi connectivity index (χ0n) is 17.6. The molecule has 0 spiro atoms. The summed E-state index contributed by atoms with van der Waals surface area (Å²) in [5.74, 6) is 7.94. The number of nitrogens with one attached hydrogen (secondary N) is 1. The lowest BCUT2D eigenvalue weighted by atomic mass is 10.1. The molecule has 2 rings (SSSR count). The lowest BCUT2D eigenvalue weighted by Gasteiger charge is -2.10. The van der Waals surface area contributed by atoms with Gasteiger partial charge in [0.2, 0.25) is 0 Å². The molecule has 5 nitrogen and oxygen atoms in total. The summed E-state index contributed by atoms with van der Waals surface area (Å²) in [6.45, 7) is 2.82. The van der Waals surface area contributed by atoms with Crippen molar-refractivity contribution in [3.8, 4) is 29.1 Å². The number of carbonyl (C=O) groups is 1. The molecule has 0 aliphatic rings. The molecule has 0 aliphatic heterocycles. The van der Waals surface area contributed by atoms with Crippen LogP contribution in [0.15, 0.2) is 36.4 Å². The maximum absolute atomic E-state index is 12.6. The molecule has 29 heavy (non-hydrogen) atoms. The standard InChI is InChI=1S/C24H29NO4/c1-5-6-7-8-15-25-24(26)21-16-18(10-13-23(21)29-4)9-11-19-17-20(27-2)12-14-22(19)28-3/h10,12-14,16-17H,5-8,15H2,1-4H3,(H,25,26). The van der Waals surface area contributed by atoms with Crippen LogP contribution in [0.4, 0.5) is 0 Å². The molecule has 154 valence electrons. The summed E-state index contributed by atoms with van der Waals surface area (Å²) >= 11 is 0. The normalized spacial score (nSPS) is 9.93. The number of unbranched alkanes of at least 4 members (excludes halogenated alkanes) is 3. The molecule has 0 bridgehead atoms. The van der Waals surface area contributed by atoms with Crippen molar-refractivity contribution in [1.82, 2.24) is 5.32 Å². The third kappa shape index (κ3) is 6.46. The van der Waals surface area contributed by atoms with Gasteiger partial charge in [-0.3, -0.25) is 4.79 Å². The number of ether oxygens (including phenoxy) is 3. The Hall–Kier alpha value is -3.13. The SMILES string of the molecule is CCCCCCNC(=O)c1cc(C#Cc2cc(OC)ccc2OC)ccc1OC. The highest BCUT2D eigenvalue weighted by Gasteiger charge is 2.12. The average Bonchev–Trinajstić information content (AvgIpc) is 2.76. The van der Waals surface area contributed by atoms with E-state index in [1.807, 2.05) is 24.3 Å². The Morgan fingerprint density at radius 3 is 2.34 bits per heavy atom. The quantitative estimate of drug-likeness (QED) is 0.504. The number of hydrogen-bond donors (Lipinski definition) is 1. The lowest BCUT2D eigenvalue weighted by Crippen LogP contribution is -2.25. The molecular formula is C24H29NO4. The molecule has 5 heteroatoms. The molecule has 2 aromatic carbocycles. The van der Waals surface area contributed by atoms with Crippen LogP contribution in [0.1, 0.15) is 54.1 Å². The molecule has 0 unspecified atom stereocenters. The Balaban J connectivity index is 2.21. The second kappa shape index (κ2) is 11.7. The molecule has 2 aromatic rings. The highest BCUT2D eigenvalue weighted by atomic mass is 16.5. The fraction of sp³-hybridized carbons (Fsp3) is 0.375. The van der Waals surface area contributed by atoms with Crippen LogP contribution in [0.5, 0.6) is 17.2 Å². The summed E-state index contributed by atoms with van der Waals surface area (Å²) in [4.78, 5) is 12.6. The molecule has 0 aromatic heterocycles. The number of carbonyl (C=O) groups excluding carboxylic acids is 1. The Bertz CT molecular complexity index is 880. The van der Waals surface area contributed by atoms with Gasteiger partial charge in [0.15, 0.2) is 0 Å². The molecule has 0 aliphatic carbocycles. The second-order valence-corrected chi connectivity index (χ2v) is 6.55. The van der Waals surface area contributed by atoms with Gasteiger partial charge in [-0.15, -0.1) is 0 Å². The number of rotatable bonds is 9. The largest absolute Gasteiger partial charge is 0.497 e. The molecule has 0 fully saturated rings. The van der Waals surface area contributed by atoms with E-state index in [-0.39, 0.29) is 5.91 Å². The summed E-state index contributed by atoms with van der Waals surface area (Å²) < 4.78 is 16.0. The Labute approximate surface area is 173 Å². The minimum atomic E-state index is -0.152. The van der Waals surface area contributed by atoms with Crippen molar-refractivity contribution in [3.05, 3.63) is 53.1 Å². The smallest absolute Gasteiger partial charge is 0.255 e. The van der Waals surface area contributed by atoms with Crippen LogP contribution < -0.4 is 19.5 Å². The van der Waals surface area contributed by atoms with Gasteiger partial charge in [-0.1, -0.05) is 38.0 Å². The Morgan fingerprint density at radius 2 is 1.66 bits per heavy atom. The maximum Gasteiger partial charge on any atom is 0.255 e. The van der Waals surface area contributed by atoms with Gasteiger partial charge in [0, 0.05) is 12.1 Å². The van der Waals surface area contributed by atoms with E-state index in [9.17, 15) is 4.79 Å². The van der Waals surface area contributed by atoms with Gasteiger partial charge in [0.1, 0.15) is 17.2 Å². The van der Waals surface area contributed by atoms with Crippen molar-refractivity contribution >= 4 is 5.91 Å². The topological polar surface area (TPSA) is 56.8 Å². The first-order chi connectivity index (χ1) is 14.1. The monoisotopic (exact) mass is 395 g/mol. The summed E-state index contributed by atoms with van der Waals surface area (Å²) in [7, 11) is 4.76. The molecule has 0 radical (unpaired) electrons. The Kier molecular flexibility index (Phi) is 8.91. The number of amides is 1. The zero-order chi connectivity index (χ0) is 21.1. The van der Waals surface area contributed by atoms with Crippen LogP contribution in [0.3, 0.4) is 0 Å². The van der Waals surface area contributed by atoms with E-state index >= 15 is 0 Å². The second-order valence-electron chi connectivity index (χ2n) is 6.55. The van der Waals surface area contributed by atoms with E-state index in [0.29, 0.717) is 40.5 Å². The molecule has 0 atom stereocenters. The number of benzene rings is 2. The van der Waals surface area contributed by atoms with Crippen LogP contribution in [-0.4, -0.2) is 33.8 Å². The predicted molar refractivity (Wildman–Crippen MR) is 115 cm³/mol. The van der Waals surface area contributed by atoms with Gasteiger partial charge in [0.25, 0.3) is 5.91 Å². The van der Waals surface area contributed by atoms with Crippen LogP contribution >= 0.6 is 0 Å². The van der Waals surface area contributed by atoms with E-state index in [1.165, 1.54) is 12.8 Å². The van der Waals surface area contributed by atoms with E-state index in [4.69, 9.17) is 14.2 Å². The average molecular weight is 395 g/mol. The van der Waals surface area contributed by atoms with Gasteiger partial charge in [-0.05, 0) is 42.8 Å². The van der Waals surface area contributed by atoms with Crippen molar-refractivity contribution in [3.63, 3.8) is 0 Å². The molecule has 0 saturated carbocycles. The zero-order valence-corrected chi connectivity index (χ0v) is 17.6. The minimum absolute atomic E-state index is 0.152. The van der Waals surface area contributed by atoms with Gasteiger partial charge in [-0.25, -0.2) is 0 Å². The van der Waals surface area contributed by atoms with Crippen LogP contribution in [0.2, 0.25) is 0 Å².